The van der Waals surface area contributed by atoms with Gasteiger partial charge in [-0.05, 0) is 42.7 Å². The van der Waals surface area contributed by atoms with Crippen molar-refractivity contribution < 1.29 is 14.4 Å². The van der Waals surface area contributed by atoms with Gasteiger partial charge < -0.3 is 5.32 Å². The average molecular weight is 405 g/mol. The molecule has 1 fully saturated rings. The van der Waals surface area contributed by atoms with Crippen LogP contribution in [0.15, 0.2) is 58.9 Å². The monoisotopic (exact) mass is 405 g/mol. The molecule has 3 amide bonds. The maximum atomic E-state index is 13.0. The fraction of sp³-hybridized carbons (Fsp3) is 0.318. The molecule has 2 aliphatic rings. The number of nitrogens with one attached hydrogen (secondary N) is 1. The minimum atomic E-state index is -0.922. The van der Waals surface area contributed by atoms with Gasteiger partial charge in [0, 0.05) is 5.69 Å². The summed E-state index contributed by atoms with van der Waals surface area (Å²) in [5.41, 5.74) is 3.36. The van der Waals surface area contributed by atoms with E-state index < -0.39 is 23.9 Å². The lowest BCUT2D eigenvalue weighted by molar-refractivity contribution is -0.123. The van der Waals surface area contributed by atoms with Crippen LogP contribution in [0.5, 0.6) is 0 Å². The predicted octanol–water partition coefficient (Wildman–Crippen LogP) is 3.05. The van der Waals surface area contributed by atoms with E-state index in [2.05, 4.69) is 29.5 Å². The second kappa shape index (κ2) is 7.70. The smallest absolute Gasteiger partial charge is 0.263 e. The lowest BCUT2D eigenvalue weighted by Gasteiger charge is -2.20. The van der Waals surface area contributed by atoms with Gasteiger partial charge in [-0.3, -0.25) is 19.4 Å². The number of anilines is 2. The van der Waals surface area contributed by atoms with Crippen LogP contribution in [0.2, 0.25) is 0 Å². The SMILES string of the molecule is Cc1ccc(NC(=O)CN2N=N[C@H]3C(=O)N(c4ccc(C(C)C)cc4)C(=O)[C@H]32)cc1. The molecule has 0 spiro atoms. The van der Waals surface area contributed by atoms with Crippen molar-refractivity contribution in [1.29, 1.82) is 0 Å². The summed E-state index contributed by atoms with van der Waals surface area (Å²) in [6.45, 7) is 5.94. The number of rotatable bonds is 5. The lowest BCUT2D eigenvalue weighted by Crippen LogP contribution is -2.43. The quantitative estimate of drug-likeness (QED) is 0.774. The summed E-state index contributed by atoms with van der Waals surface area (Å²) in [5.74, 6) is -0.832. The average Bonchev–Trinajstić information content (AvgIpc) is 3.23. The highest BCUT2D eigenvalue weighted by Gasteiger charge is 2.55. The van der Waals surface area contributed by atoms with Gasteiger partial charge >= 0.3 is 0 Å². The zero-order chi connectivity index (χ0) is 21.4. The van der Waals surface area contributed by atoms with Crippen LogP contribution in [0.1, 0.15) is 30.9 Å². The molecule has 8 heteroatoms. The first kappa shape index (κ1) is 19.8. The Kier molecular flexibility index (Phi) is 5.07. The largest absolute Gasteiger partial charge is 0.324 e. The number of benzene rings is 2. The molecule has 0 aliphatic carbocycles. The third kappa shape index (κ3) is 3.56. The molecule has 8 nitrogen and oxygen atoms in total. The van der Waals surface area contributed by atoms with Crippen molar-refractivity contribution in [2.24, 2.45) is 10.3 Å². The Morgan fingerprint density at radius 1 is 1.03 bits per heavy atom. The normalized spacial score (nSPS) is 20.3. The Morgan fingerprint density at radius 2 is 1.70 bits per heavy atom. The number of hydrogen-bond acceptors (Lipinski definition) is 6. The topological polar surface area (TPSA) is 94.4 Å². The standard InChI is InChI=1S/C22H23N5O3/c1-13(2)15-6-10-17(11-7-15)27-21(29)19-20(22(27)30)26(25-24-19)12-18(28)23-16-8-4-14(3)5-9-16/h4-11,13,19-20H,12H2,1-3H3,(H,23,28)/t19-,20+/m1/s1. The van der Waals surface area contributed by atoms with E-state index in [0.29, 0.717) is 17.3 Å². The van der Waals surface area contributed by atoms with Crippen molar-refractivity contribution in [3.8, 4) is 0 Å². The summed E-state index contributed by atoms with van der Waals surface area (Å²) in [6, 6.07) is 12.9. The van der Waals surface area contributed by atoms with Crippen LogP contribution < -0.4 is 10.2 Å². The van der Waals surface area contributed by atoms with E-state index in [4.69, 9.17) is 0 Å². The molecule has 2 heterocycles. The number of aryl methyl sites for hydroxylation is 1. The summed E-state index contributed by atoms with van der Waals surface area (Å²) < 4.78 is 0. The third-order valence-electron chi connectivity index (χ3n) is 5.32. The first-order valence-electron chi connectivity index (χ1n) is 9.87. The van der Waals surface area contributed by atoms with Gasteiger partial charge in [0.2, 0.25) is 5.91 Å². The van der Waals surface area contributed by atoms with Crippen molar-refractivity contribution in [2.45, 2.75) is 38.8 Å². The maximum Gasteiger partial charge on any atom is 0.263 e. The molecule has 0 aromatic heterocycles. The number of imide groups is 1. The van der Waals surface area contributed by atoms with Gasteiger partial charge in [0.15, 0.2) is 12.1 Å². The van der Waals surface area contributed by atoms with Gasteiger partial charge in [0.1, 0.15) is 6.54 Å². The van der Waals surface area contributed by atoms with Crippen LogP contribution >= 0.6 is 0 Å². The highest BCUT2D eigenvalue weighted by Crippen LogP contribution is 2.32. The number of amides is 3. The Bertz CT molecular complexity index is 1010. The molecule has 0 radical (unpaired) electrons. The Morgan fingerprint density at radius 3 is 2.33 bits per heavy atom. The van der Waals surface area contributed by atoms with Crippen molar-refractivity contribution in [2.75, 3.05) is 16.8 Å². The van der Waals surface area contributed by atoms with Crippen molar-refractivity contribution in [1.82, 2.24) is 5.01 Å². The lowest BCUT2D eigenvalue weighted by atomic mass is 10.0. The Labute approximate surface area is 174 Å². The summed E-state index contributed by atoms with van der Waals surface area (Å²) >= 11 is 0. The van der Waals surface area contributed by atoms with Gasteiger partial charge in [0.25, 0.3) is 11.8 Å². The number of nitrogens with zero attached hydrogens (tertiary/aromatic N) is 4. The molecule has 2 aromatic rings. The molecule has 0 bridgehead atoms. The highest BCUT2D eigenvalue weighted by molar-refractivity contribution is 6.25. The summed E-state index contributed by atoms with van der Waals surface area (Å²) in [4.78, 5) is 39.4. The first-order chi connectivity index (χ1) is 14.3. The van der Waals surface area contributed by atoms with E-state index in [1.165, 1.54) is 5.01 Å². The van der Waals surface area contributed by atoms with Gasteiger partial charge in [-0.25, -0.2) is 4.90 Å². The van der Waals surface area contributed by atoms with Crippen molar-refractivity contribution in [3.63, 3.8) is 0 Å². The zero-order valence-electron chi connectivity index (χ0n) is 17.1. The molecule has 1 saturated heterocycles. The number of fused-ring (bicyclic) bond motifs is 1. The summed E-state index contributed by atoms with van der Waals surface area (Å²) in [7, 11) is 0. The molecule has 154 valence electrons. The molecule has 0 unspecified atom stereocenters. The van der Waals surface area contributed by atoms with Gasteiger partial charge in [-0.1, -0.05) is 48.9 Å². The molecule has 0 saturated carbocycles. The van der Waals surface area contributed by atoms with E-state index in [9.17, 15) is 14.4 Å². The fourth-order valence-electron chi connectivity index (χ4n) is 3.60. The van der Waals surface area contributed by atoms with Crippen LogP contribution in [0.4, 0.5) is 11.4 Å². The fourth-order valence-corrected chi connectivity index (χ4v) is 3.60. The Hall–Kier alpha value is -3.55. The molecule has 2 atom stereocenters. The number of carbonyl (C=O) groups excluding carboxylic acids is 3. The summed E-state index contributed by atoms with van der Waals surface area (Å²) in [6.07, 6.45) is 0. The van der Waals surface area contributed by atoms with E-state index in [1.807, 2.05) is 31.2 Å². The van der Waals surface area contributed by atoms with Crippen LogP contribution in [-0.4, -0.2) is 41.4 Å². The van der Waals surface area contributed by atoms with Crippen molar-refractivity contribution in [3.05, 3.63) is 59.7 Å². The molecule has 1 N–H and O–H groups in total. The molecular weight excluding hydrogens is 382 g/mol. The minimum absolute atomic E-state index is 0.169. The second-order valence-electron chi connectivity index (χ2n) is 7.86. The molecular formula is C22H23N5O3. The van der Waals surface area contributed by atoms with E-state index in [0.717, 1.165) is 16.0 Å². The van der Waals surface area contributed by atoms with Crippen LogP contribution in [0.3, 0.4) is 0 Å². The Balaban J connectivity index is 1.47. The molecule has 30 heavy (non-hydrogen) atoms. The van der Waals surface area contributed by atoms with Crippen molar-refractivity contribution >= 4 is 29.1 Å². The molecule has 4 rings (SSSR count). The van der Waals surface area contributed by atoms with Gasteiger partial charge in [-0.2, -0.15) is 5.11 Å². The first-order valence-corrected chi connectivity index (χ1v) is 9.87. The summed E-state index contributed by atoms with van der Waals surface area (Å²) in [5, 5.41) is 11.9. The second-order valence-corrected chi connectivity index (χ2v) is 7.86. The minimum Gasteiger partial charge on any atom is -0.324 e. The maximum absolute atomic E-state index is 13.0. The molecule has 2 aromatic carbocycles. The van der Waals surface area contributed by atoms with E-state index in [1.54, 1.807) is 24.3 Å². The van der Waals surface area contributed by atoms with Crippen LogP contribution in [-0.2, 0) is 14.4 Å². The van der Waals surface area contributed by atoms with Crippen LogP contribution in [0.25, 0.3) is 0 Å². The number of carbonyl (C=O) groups is 3. The number of hydrogen-bond donors (Lipinski definition) is 1. The van der Waals surface area contributed by atoms with Gasteiger partial charge in [-0.15, -0.1) is 0 Å². The van der Waals surface area contributed by atoms with E-state index >= 15 is 0 Å². The third-order valence-corrected chi connectivity index (χ3v) is 5.32. The highest BCUT2D eigenvalue weighted by atomic mass is 16.2. The predicted molar refractivity (Wildman–Crippen MR) is 112 cm³/mol. The molecule has 2 aliphatic heterocycles. The van der Waals surface area contributed by atoms with Gasteiger partial charge in [0.05, 0.1) is 5.69 Å². The van der Waals surface area contributed by atoms with Crippen LogP contribution in [0, 0.1) is 6.92 Å². The van der Waals surface area contributed by atoms with E-state index in [-0.39, 0.29) is 12.5 Å². The zero-order valence-corrected chi connectivity index (χ0v) is 17.1.